The van der Waals surface area contributed by atoms with Crippen molar-refractivity contribution < 1.29 is 9.59 Å². The molecule has 124 valence electrons. The maximum Gasteiger partial charge on any atom is 0.324 e. The third kappa shape index (κ3) is 3.24. The van der Waals surface area contributed by atoms with E-state index >= 15 is 0 Å². The summed E-state index contributed by atoms with van der Waals surface area (Å²) in [5.74, 6) is 0.432. The number of nitrogens with one attached hydrogen (secondary N) is 1. The van der Waals surface area contributed by atoms with Gasteiger partial charge in [-0.25, -0.2) is 4.79 Å². The van der Waals surface area contributed by atoms with E-state index in [1.54, 1.807) is 0 Å². The minimum atomic E-state index is -0.252. The molecule has 3 amide bonds. The van der Waals surface area contributed by atoms with E-state index in [4.69, 9.17) is 0 Å². The van der Waals surface area contributed by atoms with Crippen molar-refractivity contribution in [1.29, 1.82) is 0 Å². The van der Waals surface area contributed by atoms with Crippen LogP contribution in [0.2, 0.25) is 0 Å². The van der Waals surface area contributed by atoms with Crippen molar-refractivity contribution in [2.45, 2.75) is 38.6 Å². The zero-order valence-electron chi connectivity index (χ0n) is 13.9. The number of aryl methyl sites for hydroxylation is 1. The lowest BCUT2D eigenvalue weighted by Gasteiger charge is -2.28. The maximum atomic E-state index is 11.7. The number of hydrogen-bond acceptors (Lipinski definition) is 3. The molecule has 0 aromatic heterocycles. The van der Waals surface area contributed by atoms with Crippen molar-refractivity contribution in [3.8, 4) is 0 Å². The molecule has 0 unspecified atom stereocenters. The number of carbonyl (C=O) groups is 2. The Kier molecular flexibility index (Phi) is 4.66. The molecule has 5 heteroatoms. The van der Waals surface area contributed by atoms with E-state index in [9.17, 15) is 9.59 Å². The number of rotatable bonds is 5. The van der Waals surface area contributed by atoms with E-state index in [0.29, 0.717) is 18.5 Å². The van der Waals surface area contributed by atoms with Crippen LogP contribution in [0.1, 0.15) is 36.8 Å². The van der Waals surface area contributed by atoms with E-state index in [1.165, 1.54) is 16.0 Å². The lowest BCUT2D eigenvalue weighted by Crippen LogP contribution is -2.41. The first-order chi connectivity index (χ1) is 11.1. The summed E-state index contributed by atoms with van der Waals surface area (Å²) in [6, 6.07) is 9.07. The second kappa shape index (κ2) is 6.71. The van der Waals surface area contributed by atoms with Crippen molar-refractivity contribution in [2.24, 2.45) is 0 Å². The van der Waals surface area contributed by atoms with Crippen LogP contribution in [0.15, 0.2) is 24.3 Å². The van der Waals surface area contributed by atoms with Gasteiger partial charge in [-0.3, -0.25) is 14.6 Å². The van der Waals surface area contributed by atoms with E-state index < -0.39 is 0 Å². The normalized spacial score (nSPS) is 25.2. The average Bonchev–Trinajstić information content (AvgIpc) is 3.10. The third-order valence-corrected chi connectivity index (χ3v) is 5.13. The predicted molar refractivity (Wildman–Crippen MR) is 89.3 cm³/mol. The molecule has 3 rings (SSSR count). The van der Waals surface area contributed by atoms with Gasteiger partial charge in [0.1, 0.15) is 0 Å². The molecule has 0 bridgehead atoms. The molecular formula is C18H25N3O2. The van der Waals surface area contributed by atoms with Gasteiger partial charge in [-0.1, -0.05) is 36.8 Å². The molecule has 1 aromatic rings. The summed E-state index contributed by atoms with van der Waals surface area (Å²) >= 11 is 0. The van der Waals surface area contributed by atoms with E-state index in [0.717, 1.165) is 25.9 Å². The van der Waals surface area contributed by atoms with Crippen LogP contribution < -0.4 is 5.32 Å². The van der Waals surface area contributed by atoms with Gasteiger partial charge in [0, 0.05) is 25.0 Å². The first-order valence-corrected chi connectivity index (χ1v) is 8.49. The zero-order valence-corrected chi connectivity index (χ0v) is 13.9. The van der Waals surface area contributed by atoms with Crippen LogP contribution in [-0.2, 0) is 4.79 Å². The lowest BCUT2D eigenvalue weighted by atomic mass is 9.90. The minimum absolute atomic E-state index is 0.114. The van der Waals surface area contributed by atoms with Gasteiger partial charge in [-0.2, -0.15) is 0 Å². The molecule has 2 heterocycles. The topological polar surface area (TPSA) is 52.6 Å². The Bertz CT molecular complexity index is 568. The number of imide groups is 1. The van der Waals surface area contributed by atoms with Gasteiger partial charge in [-0.15, -0.1) is 0 Å². The van der Waals surface area contributed by atoms with Crippen molar-refractivity contribution in [3.63, 3.8) is 0 Å². The first kappa shape index (κ1) is 16.0. The number of amides is 3. The Morgan fingerprint density at radius 1 is 1.17 bits per heavy atom. The van der Waals surface area contributed by atoms with Crippen molar-refractivity contribution >= 4 is 11.9 Å². The second-order valence-corrected chi connectivity index (χ2v) is 6.52. The van der Waals surface area contributed by atoms with Crippen molar-refractivity contribution in [2.75, 3.05) is 26.2 Å². The molecule has 2 saturated heterocycles. The summed E-state index contributed by atoms with van der Waals surface area (Å²) < 4.78 is 0. The number of likely N-dealkylation sites (tertiary alicyclic amines) is 1. The van der Waals surface area contributed by atoms with E-state index in [2.05, 4.69) is 48.3 Å². The quantitative estimate of drug-likeness (QED) is 0.847. The summed E-state index contributed by atoms with van der Waals surface area (Å²) in [4.78, 5) is 27.1. The van der Waals surface area contributed by atoms with E-state index in [-0.39, 0.29) is 18.5 Å². The maximum absolute atomic E-state index is 11.7. The number of carbonyl (C=O) groups excluding carboxylic acids is 2. The Balaban J connectivity index is 1.64. The van der Waals surface area contributed by atoms with Crippen LogP contribution in [-0.4, -0.2) is 54.0 Å². The standard InChI is InChI=1S/C18H25N3O2/c1-3-16-15(14-6-4-13(2)5-7-14)8-9-20(16)10-11-21-17(22)12-19-18(21)23/h4-7,15-16H,3,8-12H2,1-2H3,(H,19,23)/t15-,16+/m1/s1. The molecule has 2 atom stereocenters. The second-order valence-electron chi connectivity index (χ2n) is 6.52. The van der Waals surface area contributed by atoms with Crippen LogP contribution in [0.3, 0.4) is 0 Å². The Morgan fingerprint density at radius 3 is 2.52 bits per heavy atom. The molecular weight excluding hydrogens is 290 g/mol. The molecule has 1 N–H and O–H groups in total. The molecule has 2 aliphatic rings. The molecule has 0 radical (unpaired) electrons. The van der Waals surface area contributed by atoms with E-state index in [1.807, 2.05) is 0 Å². The number of nitrogens with zero attached hydrogens (tertiary/aromatic N) is 2. The molecule has 0 spiro atoms. The van der Waals surface area contributed by atoms with Gasteiger partial charge in [0.05, 0.1) is 6.54 Å². The summed E-state index contributed by atoms with van der Waals surface area (Å²) in [5, 5.41) is 2.58. The highest BCUT2D eigenvalue weighted by Crippen LogP contribution is 2.35. The van der Waals surface area contributed by atoms with Crippen molar-refractivity contribution in [3.05, 3.63) is 35.4 Å². The highest BCUT2D eigenvalue weighted by atomic mass is 16.2. The number of urea groups is 1. The highest BCUT2D eigenvalue weighted by molar-refractivity contribution is 6.01. The summed E-state index contributed by atoms with van der Waals surface area (Å²) in [7, 11) is 0. The Hall–Kier alpha value is -1.88. The van der Waals surface area contributed by atoms with Crippen LogP contribution in [0.4, 0.5) is 4.79 Å². The molecule has 2 fully saturated rings. The van der Waals surface area contributed by atoms with Crippen LogP contribution in [0, 0.1) is 6.92 Å². The number of hydrogen-bond donors (Lipinski definition) is 1. The third-order valence-electron chi connectivity index (χ3n) is 5.13. The summed E-state index contributed by atoms with van der Waals surface area (Å²) in [5.41, 5.74) is 2.69. The fourth-order valence-corrected chi connectivity index (χ4v) is 3.85. The SMILES string of the molecule is CC[C@H]1[C@@H](c2ccc(C)cc2)CCN1CCN1C(=O)CNC1=O. The van der Waals surface area contributed by atoms with Crippen LogP contribution >= 0.6 is 0 Å². The lowest BCUT2D eigenvalue weighted by molar-refractivity contribution is -0.125. The highest BCUT2D eigenvalue weighted by Gasteiger charge is 2.35. The molecule has 23 heavy (non-hydrogen) atoms. The predicted octanol–water partition coefficient (Wildman–Crippen LogP) is 2.11. The summed E-state index contributed by atoms with van der Waals surface area (Å²) in [6.07, 6.45) is 2.22. The summed E-state index contributed by atoms with van der Waals surface area (Å²) in [6.45, 7) is 6.75. The molecule has 1 aromatic carbocycles. The Labute approximate surface area is 137 Å². The average molecular weight is 315 g/mol. The van der Waals surface area contributed by atoms with Gasteiger partial charge in [0.15, 0.2) is 0 Å². The smallest absolute Gasteiger partial charge is 0.324 e. The fourth-order valence-electron chi connectivity index (χ4n) is 3.85. The zero-order chi connectivity index (χ0) is 16.4. The molecule has 0 aliphatic carbocycles. The monoisotopic (exact) mass is 315 g/mol. The van der Waals surface area contributed by atoms with Crippen LogP contribution in [0.25, 0.3) is 0 Å². The first-order valence-electron chi connectivity index (χ1n) is 8.49. The fraction of sp³-hybridized carbons (Fsp3) is 0.556. The molecule has 5 nitrogen and oxygen atoms in total. The van der Waals surface area contributed by atoms with Crippen molar-refractivity contribution in [1.82, 2.24) is 15.1 Å². The molecule has 2 aliphatic heterocycles. The van der Waals surface area contributed by atoms with Gasteiger partial charge in [0.2, 0.25) is 5.91 Å². The van der Waals surface area contributed by atoms with Gasteiger partial charge >= 0.3 is 6.03 Å². The Morgan fingerprint density at radius 2 is 1.91 bits per heavy atom. The van der Waals surface area contributed by atoms with Gasteiger partial charge in [-0.05, 0) is 31.9 Å². The van der Waals surface area contributed by atoms with Crippen LogP contribution in [0.5, 0.6) is 0 Å². The molecule has 0 saturated carbocycles. The number of benzene rings is 1. The van der Waals surface area contributed by atoms with Gasteiger partial charge in [0.25, 0.3) is 0 Å². The largest absolute Gasteiger partial charge is 0.329 e. The van der Waals surface area contributed by atoms with Gasteiger partial charge < -0.3 is 5.32 Å². The minimum Gasteiger partial charge on any atom is -0.329 e.